The SMILES string of the molecule is c1ccc(CN=C2Cc3ccccc3C2)cc1. The van der Waals surface area contributed by atoms with Crippen LogP contribution in [0, 0.1) is 0 Å². The van der Waals surface area contributed by atoms with Crippen molar-refractivity contribution in [1.29, 1.82) is 0 Å². The van der Waals surface area contributed by atoms with Crippen LogP contribution in [0.2, 0.25) is 0 Å². The molecule has 0 radical (unpaired) electrons. The Kier molecular flexibility index (Phi) is 2.74. The molecule has 2 aromatic rings. The maximum atomic E-state index is 4.72. The molecule has 0 aromatic heterocycles. The lowest BCUT2D eigenvalue weighted by molar-refractivity contribution is 1.05. The molecule has 17 heavy (non-hydrogen) atoms. The molecule has 3 rings (SSSR count). The number of aliphatic imine (C=N–C) groups is 1. The summed E-state index contributed by atoms with van der Waals surface area (Å²) in [5, 5.41) is 0. The van der Waals surface area contributed by atoms with Crippen molar-refractivity contribution in [2.45, 2.75) is 19.4 Å². The lowest BCUT2D eigenvalue weighted by Gasteiger charge is -1.97. The van der Waals surface area contributed by atoms with Crippen LogP contribution in [0.15, 0.2) is 59.6 Å². The van der Waals surface area contributed by atoms with E-state index in [0.717, 1.165) is 19.4 Å². The highest BCUT2D eigenvalue weighted by Gasteiger charge is 2.15. The Labute approximate surface area is 102 Å². The first kappa shape index (κ1) is 10.3. The molecule has 84 valence electrons. The fourth-order valence-corrected chi connectivity index (χ4v) is 2.30. The molecule has 0 saturated heterocycles. The summed E-state index contributed by atoms with van der Waals surface area (Å²) in [6.07, 6.45) is 2.06. The first-order chi connectivity index (χ1) is 8.42. The van der Waals surface area contributed by atoms with E-state index < -0.39 is 0 Å². The van der Waals surface area contributed by atoms with Crippen molar-refractivity contribution in [2.75, 3.05) is 0 Å². The molecule has 1 nitrogen and oxygen atoms in total. The van der Waals surface area contributed by atoms with E-state index in [-0.39, 0.29) is 0 Å². The van der Waals surface area contributed by atoms with Crippen molar-refractivity contribution < 1.29 is 0 Å². The molecule has 0 saturated carbocycles. The van der Waals surface area contributed by atoms with Gasteiger partial charge in [0.05, 0.1) is 6.54 Å². The zero-order valence-corrected chi connectivity index (χ0v) is 9.76. The minimum atomic E-state index is 0.810. The van der Waals surface area contributed by atoms with Gasteiger partial charge in [-0.2, -0.15) is 0 Å². The first-order valence-electron chi connectivity index (χ1n) is 6.05. The minimum Gasteiger partial charge on any atom is -0.289 e. The topological polar surface area (TPSA) is 12.4 Å². The van der Waals surface area contributed by atoms with Gasteiger partial charge in [-0.05, 0) is 16.7 Å². The van der Waals surface area contributed by atoms with Crippen molar-refractivity contribution in [3.05, 3.63) is 71.3 Å². The Morgan fingerprint density at radius 3 is 2.00 bits per heavy atom. The van der Waals surface area contributed by atoms with E-state index in [2.05, 4.69) is 48.5 Å². The van der Waals surface area contributed by atoms with Gasteiger partial charge in [-0.1, -0.05) is 54.6 Å². The molecule has 0 N–H and O–H groups in total. The average Bonchev–Trinajstić information content (AvgIpc) is 2.80. The molecule has 0 atom stereocenters. The lowest BCUT2D eigenvalue weighted by Crippen LogP contribution is -1.97. The molecule has 0 heterocycles. The zero-order chi connectivity index (χ0) is 11.5. The molecule has 0 aliphatic heterocycles. The standard InChI is InChI=1S/C16H15N/c1-2-6-13(7-3-1)12-17-16-10-14-8-4-5-9-15(14)11-16/h1-9H,10-12H2. The Morgan fingerprint density at radius 1 is 0.765 bits per heavy atom. The summed E-state index contributed by atoms with van der Waals surface area (Å²) in [6.45, 7) is 0.810. The predicted molar refractivity (Wildman–Crippen MR) is 71.4 cm³/mol. The number of fused-ring (bicyclic) bond motifs is 1. The van der Waals surface area contributed by atoms with Crippen LogP contribution in [-0.4, -0.2) is 5.71 Å². The van der Waals surface area contributed by atoms with Crippen molar-refractivity contribution >= 4 is 5.71 Å². The normalized spacial score (nSPS) is 13.5. The van der Waals surface area contributed by atoms with Crippen molar-refractivity contribution in [2.24, 2.45) is 4.99 Å². The third-order valence-electron chi connectivity index (χ3n) is 3.24. The van der Waals surface area contributed by atoms with Crippen LogP contribution in [0.5, 0.6) is 0 Å². The molecule has 0 amide bonds. The second kappa shape index (κ2) is 4.54. The summed E-state index contributed by atoms with van der Waals surface area (Å²) >= 11 is 0. The van der Waals surface area contributed by atoms with Crippen LogP contribution in [0.25, 0.3) is 0 Å². The Balaban J connectivity index is 1.73. The number of hydrogen-bond acceptors (Lipinski definition) is 1. The lowest BCUT2D eigenvalue weighted by atomic mass is 10.1. The Morgan fingerprint density at radius 2 is 1.35 bits per heavy atom. The summed E-state index contributed by atoms with van der Waals surface area (Å²) in [5.74, 6) is 0. The van der Waals surface area contributed by atoms with E-state index in [1.165, 1.54) is 22.4 Å². The van der Waals surface area contributed by atoms with E-state index in [1.54, 1.807) is 0 Å². The van der Waals surface area contributed by atoms with Gasteiger partial charge in [0.25, 0.3) is 0 Å². The minimum absolute atomic E-state index is 0.810. The number of rotatable bonds is 2. The molecule has 1 aliphatic carbocycles. The van der Waals surface area contributed by atoms with Gasteiger partial charge in [0, 0.05) is 18.6 Å². The van der Waals surface area contributed by atoms with E-state index >= 15 is 0 Å². The van der Waals surface area contributed by atoms with Crippen molar-refractivity contribution in [1.82, 2.24) is 0 Å². The van der Waals surface area contributed by atoms with Gasteiger partial charge in [0.15, 0.2) is 0 Å². The molecular weight excluding hydrogens is 206 g/mol. The zero-order valence-electron chi connectivity index (χ0n) is 9.76. The largest absolute Gasteiger partial charge is 0.289 e. The smallest absolute Gasteiger partial charge is 0.0639 e. The summed E-state index contributed by atoms with van der Waals surface area (Å²) in [4.78, 5) is 4.72. The number of hydrogen-bond donors (Lipinski definition) is 0. The first-order valence-corrected chi connectivity index (χ1v) is 6.05. The quantitative estimate of drug-likeness (QED) is 0.736. The third-order valence-corrected chi connectivity index (χ3v) is 3.24. The van der Waals surface area contributed by atoms with E-state index in [9.17, 15) is 0 Å². The average molecular weight is 221 g/mol. The fourth-order valence-electron chi connectivity index (χ4n) is 2.30. The van der Waals surface area contributed by atoms with E-state index in [0.29, 0.717) is 0 Å². The highest BCUT2D eigenvalue weighted by atomic mass is 14.7. The predicted octanol–water partition coefficient (Wildman–Crippen LogP) is 3.43. The molecule has 0 spiro atoms. The number of benzene rings is 2. The van der Waals surface area contributed by atoms with Crippen molar-refractivity contribution in [3.63, 3.8) is 0 Å². The monoisotopic (exact) mass is 221 g/mol. The molecule has 1 heteroatoms. The van der Waals surface area contributed by atoms with Gasteiger partial charge in [-0.3, -0.25) is 4.99 Å². The third kappa shape index (κ3) is 2.28. The van der Waals surface area contributed by atoms with E-state index in [1.807, 2.05) is 6.07 Å². The van der Waals surface area contributed by atoms with Crippen LogP contribution >= 0.6 is 0 Å². The van der Waals surface area contributed by atoms with Crippen LogP contribution < -0.4 is 0 Å². The molecule has 0 fully saturated rings. The number of nitrogens with zero attached hydrogens (tertiary/aromatic N) is 1. The van der Waals surface area contributed by atoms with Crippen LogP contribution in [0.3, 0.4) is 0 Å². The van der Waals surface area contributed by atoms with Gasteiger partial charge in [0.1, 0.15) is 0 Å². The fraction of sp³-hybridized carbons (Fsp3) is 0.188. The van der Waals surface area contributed by atoms with Crippen LogP contribution in [-0.2, 0) is 19.4 Å². The maximum absolute atomic E-state index is 4.72. The van der Waals surface area contributed by atoms with Gasteiger partial charge < -0.3 is 0 Å². The van der Waals surface area contributed by atoms with Crippen LogP contribution in [0.1, 0.15) is 16.7 Å². The second-order valence-electron chi connectivity index (χ2n) is 4.49. The Hall–Kier alpha value is -1.89. The molecular formula is C16H15N. The van der Waals surface area contributed by atoms with Gasteiger partial charge in [-0.25, -0.2) is 0 Å². The van der Waals surface area contributed by atoms with E-state index in [4.69, 9.17) is 4.99 Å². The Bertz CT molecular complexity index is 513. The maximum Gasteiger partial charge on any atom is 0.0639 e. The van der Waals surface area contributed by atoms with Gasteiger partial charge in [-0.15, -0.1) is 0 Å². The second-order valence-corrected chi connectivity index (χ2v) is 4.49. The summed E-state index contributed by atoms with van der Waals surface area (Å²) in [6, 6.07) is 19.1. The molecule has 1 aliphatic rings. The molecule has 2 aromatic carbocycles. The summed E-state index contributed by atoms with van der Waals surface area (Å²) in [5.41, 5.74) is 5.49. The van der Waals surface area contributed by atoms with Gasteiger partial charge >= 0.3 is 0 Å². The highest BCUT2D eigenvalue weighted by Crippen LogP contribution is 2.20. The molecule has 0 bridgehead atoms. The van der Waals surface area contributed by atoms with Gasteiger partial charge in [0.2, 0.25) is 0 Å². The van der Waals surface area contributed by atoms with Crippen molar-refractivity contribution in [3.8, 4) is 0 Å². The highest BCUT2D eigenvalue weighted by molar-refractivity contribution is 5.92. The summed E-state index contributed by atoms with van der Waals surface area (Å²) < 4.78 is 0. The van der Waals surface area contributed by atoms with Crippen LogP contribution in [0.4, 0.5) is 0 Å². The molecule has 0 unspecified atom stereocenters. The summed E-state index contributed by atoms with van der Waals surface area (Å²) in [7, 11) is 0.